The highest BCUT2D eigenvalue weighted by atomic mass is 15.3. The average Bonchev–Trinajstić information content (AvgIpc) is 2.51. The Hall–Kier alpha value is -1.22. The van der Waals surface area contributed by atoms with E-state index in [1.54, 1.807) is 0 Å². The molecule has 0 aromatic heterocycles. The summed E-state index contributed by atoms with van der Waals surface area (Å²) in [7, 11) is 4.28. The van der Waals surface area contributed by atoms with Gasteiger partial charge in [0.05, 0.1) is 11.4 Å². The molecule has 21 heavy (non-hydrogen) atoms. The molecule has 116 valence electrons. The predicted octanol–water partition coefficient (Wildman–Crippen LogP) is 3.25. The Kier molecular flexibility index (Phi) is 4.12. The van der Waals surface area contributed by atoms with Gasteiger partial charge in [-0.25, -0.2) is 0 Å². The molecule has 1 heterocycles. The van der Waals surface area contributed by atoms with Crippen molar-refractivity contribution in [2.24, 2.45) is 0 Å². The lowest BCUT2D eigenvalue weighted by molar-refractivity contribution is 0.201. The molecule has 3 rings (SSSR count). The third kappa shape index (κ3) is 2.89. The molecule has 2 aliphatic rings. The summed E-state index contributed by atoms with van der Waals surface area (Å²) in [5.41, 5.74) is 3.07. The third-order valence-corrected chi connectivity index (χ3v) is 5.26. The van der Waals surface area contributed by atoms with Crippen molar-refractivity contribution in [3.05, 3.63) is 24.3 Å². The maximum Gasteiger partial charge on any atom is 0.0607 e. The van der Waals surface area contributed by atoms with E-state index in [0.717, 1.165) is 13.1 Å². The van der Waals surface area contributed by atoms with Gasteiger partial charge in [0.25, 0.3) is 0 Å². The zero-order valence-corrected chi connectivity index (χ0v) is 13.7. The maximum absolute atomic E-state index is 3.88. The Morgan fingerprint density at radius 3 is 2.57 bits per heavy atom. The third-order valence-electron chi connectivity index (χ3n) is 5.26. The molecule has 1 saturated carbocycles. The van der Waals surface area contributed by atoms with Crippen molar-refractivity contribution >= 4 is 11.4 Å². The predicted molar refractivity (Wildman–Crippen MR) is 91.4 cm³/mol. The zero-order valence-electron chi connectivity index (χ0n) is 13.7. The Morgan fingerprint density at radius 1 is 1.14 bits per heavy atom. The number of rotatable bonds is 2. The van der Waals surface area contributed by atoms with Gasteiger partial charge >= 0.3 is 0 Å². The van der Waals surface area contributed by atoms with E-state index in [1.165, 1.54) is 43.5 Å². The fraction of sp³-hybridized carbons (Fsp3) is 0.667. The van der Waals surface area contributed by atoms with Crippen molar-refractivity contribution < 1.29 is 0 Å². The summed E-state index contributed by atoms with van der Waals surface area (Å²) in [6, 6.07) is 9.39. The fourth-order valence-corrected chi connectivity index (χ4v) is 3.98. The van der Waals surface area contributed by atoms with Crippen molar-refractivity contribution in [1.29, 1.82) is 0 Å². The standard InChI is InChI=1S/C18H29N3/c1-15-13-19-18(11-7-4-8-12-18)14-21(15)17-10-6-5-9-16(17)20(2)3/h5-6,9-10,15,19H,4,7-8,11-14H2,1-3H3. The lowest BCUT2D eigenvalue weighted by Gasteiger charge is -2.50. The quantitative estimate of drug-likeness (QED) is 0.901. The van der Waals surface area contributed by atoms with Gasteiger partial charge in [-0.3, -0.25) is 0 Å². The highest BCUT2D eigenvalue weighted by Crippen LogP contribution is 2.36. The number of anilines is 2. The molecular weight excluding hydrogens is 258 g/mol. The van der Waals surface area contributed by atoms with Gasteiger partial charge in [0.1, 0.15) is 0 Å². The Balaban J connectivity index is 1.89. The van der Waals surface area contributed by atoms with Crippen LogP contribution < -0.4 is 15.1 Å². The van der Waals surface area contributed by atoms with E-state index in [9.17, 15) is 0 Å². The largest absolute Gasteiger partial charge is 0.376 e. The second-order valence-corrected chi connectivity index (χ2v) is 7.08. The lowest BCUT2D eigenvalue weighted by Crippen LogP contribution is -2.64. The van der Waals surface area contributed by atoms with Crippen molar-refractivity contribution in [2.45, 2.75) is 50.6 Å². The van der Waals surface area contributed by atoms with Crippen LogP contribution in [-0.2, 0) is 0 Å². The van der Waals surface area contributed by atoms with Crippen LogP contribution in [0.15, 0.2) is 24.3 Å². The molecule has 0 radical (unpaired) electrons. The fourth-order valence-electron chi connectivity index (χ4n) is 3.98. The SMILES string of the molecule is CC1CNC2(CCCCC2)CN1c1ccccc1N(C)C. The minimum Gasteiger partial charge on any atom is -0.376 e. The van der Waals surface area contributed by atoms with Crippen molar-refractivity contribution in [3.8, 4) is 0 Å². The van der Waals surface area contributed by atoms with Crippen molar-refractivity contribution in [2.75, 3.05) is 37.0 Å². The van der Waals surface area contributed by atoms with E-state index >= 15 is 0 Å². The van der Waals surface area contributed by atoms with E-state index < -0.39 is 0 Å². The summed E-state index contributed by atoms with van der Waals surface area (Å²) >= 11 is 0. The molecular formula is C18H29N3. The van der Waals surface area contributed by atoms with Crippen molar-refractivity contribution in [1.82, 2.24) is 5.32 Å². The Labute approximate surface area is 129 Å². The van der Waals surface area contributed by atoms with Crippen LogP contribution in [0.1, 0.15) is 39.0 Å². The maximum atomic E-state index is 3.88. The van der Waals surface area contributed by atoms with Gasteiger partial charge in [-0.2, -0.15) is 0 Å². The molecule has 1 aromatic rings. The summed E-state index contributed by atoms with van der Waals surface area (Å²) in [6.07, 6.45) is 6.84. The summed E-state index contributed by atoms with van der Waals surface area (Å²) < 4.78 is 0. The number of piperazine rings is 1. The first-order chi connectivity index (χ1) is 10.1. The molecule has 1 spiro atoms. The van der Waals surface area contributed by atoms with Crippen LogP contribution >= 0.6 is 0 Å². The zero-order chi connectivity index (χ0) is 14.9. The molecule has 3 heteroatoms. The molecule has 1 aliphatic carbocycles. The number of benzene rings is 1. The van der Waals surface area contributed by atoms with Gasteiger partial charge in [0.15, 0.2) is 0 Å². The van der Waals surface area contributed by atoms with E-state index in [-0.39, 0.29) is 0 Å². The number of hydrogen-bond acceptors (Lipinski definition) is 3. The molecule has 1 aromatic carbocycles. The average molecular weight is 287 g/mol. The normalized spacial score (nSPS) is 25.1. The van der Waals surface area contributed by atoms with Gasteiger partial charge in [0, 0.05) is 38.8 Å². The molecule has 0 bridgehead atoms. The smallest absolute Gasteiger partial charge is 0.0607 e. The van der Waals surface area contributed by atoms with Crippen LogP contribution in [0.5, 0.6) is 0 Å². The second kappa shape index (κ2) is 5.88. The van der Waals surface area contributed by atoms with Gasteiger partial charge in [-0.15, -0.1) is 0 Å². The minimum atomic E-state index is 0.351. The summed E-state index contributed by atoms with van der Waals surface area (Å²) in [5, 5.41) is 3.88. The van der Waals surface area contributed by atoms with Crippen molar-refractivity contribution in [3.63, 3.8) is 0 Å². The monoisotopic (exact) mass is 287 g/mol. The highest BCUT2D eigenvalue weighted by Gasteiger charge is 2.39. The van der Waals surface area contributed by atoms with Gasteiger partial charge in [-0.05, 0) is 31.9 Å². The first kappa shape index (κ1) is 14.7. The van der Waals surface area contributed by atoms with Crippen LogP contribution in [0.25, 0.3) is 0 Å². The molecule has 3 nitrogen and oxygen atoms in total. The second-order valence-electron chi connectivity index (χ2n) is 7.08. The molecule has 1 N–H and O–H groups in total. The van der Waals surface area contributed by atoms with Crippen LogP contribution in [0, 0.1) is 0 Å². The van der Waals surface area contributed by atoms with Crippen LogP contribution in [-0.4, -0.2) is 38.8 Å². The number of para-hydroxylation sites is 2. The summed E-state index contributed by atoms with van der Waals surface area (Å²) in [4.78, 5) is 4.87. The van der Waals surface area contributed by atoms with Gasteiger partial charge in [-0.1, -0.05) is 31.4 Å². The van der Waals surface area contributed by atoms with Gasteiger partial charge < -0.3 is 15.1 Å². The van der Waals surface area contributed by atoms with Gasteiger partial charge in [0.2, 0.25) is 0 Å². The molecule has 1 atom stereocenters. The van der Waals surface area contributed by atoms with E-state index in [2.05, 4.69) is 60.4 Å². The molecule has 0 amide bonds. The topological polar surface area (TPSA) is 18.5 Å². The van der Waals surface area contributed by atoms with E-state index in [4.69, 9.17) is 0 Å². The van der Waals surface area contributed by atoms with E-state index in [0.29, 0.717) is 11.6 Å². The molecule has 1 unspecified atom stereocenters. The Bertz CT molecular complexity index is 477. The first-order valence-electron chi connectivity index (χ1n) is 8.39. The highest BCUT2D eigenvalue weighted by molar-refractivity contribution is 5.71. The lowest BCUT2D eigenvalue weighted by atomic mass is 9.79. The number of hydrogen-bond donors (Lipinski definition) is 1. The Morgan fingerprint density at radius 2 is 1.86 bits per heavy atom. The molecule has 2 fully saturated rings. The summed E-state index contributed by atoms with van der Waals surface area (Å²) in [5.74, 6) is 0. The number of nitrogens with one attached hydrogen (secondary N) is 1. The number of nitrogens with zero attached hydrogens (tertiary/aromatic N) is 2. The van der Waals surface area contributed by atoms with E-state index in [1.807, 2.05) is 0 Å². The summed E-state index contributed by atoms with van der Waals surface area (Å²) in [6.45, 7) is 4.59. The first-order valence-corrected chi connectivity index (χ1v) is 8.39. The minimum absolute atomic E-state index is 0.351. The molecule has 1 aliphatic heterocycles. The van der Waals surface area contributed by atoms with Crippen LogP contribution in [0.2, 0.25) is 0 Å². The van der Waals surface area contributed by atoms with Crippen LogP contribution in [0.3, 0.4) is 0 Å². The van der Waals surface area contributed by atoms with Crippen LogP contribution in [0.4, 0.5) is 11.4 Å². The molecule has 1 saturated heterocycles.